The summed E-state index contributed by atoms with van der Waals surface area (Å²) in [6, 6.07) is 6.22. The van der Waals surface area contributed by atoms with E-state index >= 15 is 0 Å². The standard InChI is InChI=1S/C11H17NO5S2/c1-9(13)10-3-5-11(6-4-10)12-19(16,17)8-7-18(2,14)15/h3-6,9,12-13H,7-8H2,1-2H3. The number of sulfonamides is 1. The van der Waals surface area contributed by atoms with Crippen molar-refractivity contribution in [1.82, 2.24) is 0 Å². The number of nitrogens with one attached hydrogen (secondary N) is 1. The minimum absolute atomic E-state index is 0.331. The summed E-state index contributed by atoms with van der Waals surface area (Å²) in [4.78, 5) is 0. The van der Waals surface area contributed by atoms with Crippen LogP contribution in [0.2, 0.25) is 0 Å². The summed E-state index contributed by atoms with van der Waals surface area (Å²) in [7, 11) is -7.01. The Morgan fingerprint density at radius 3 is 2.05 bits per heavy atom. The van der Waals surface area contributed by atoms with E-state index < -0.39 is 37.5 Å². The van der Waals surface area contributed by atoms with Gasteiger partial charge in [0.1, 0.15) is 9.84 Å². The Morgan fingerprint density at radius 1 is 1.11 bits per heavy atom. The van der Waals surface area contributed by atoms with Gasteiger partial charge in [-0.05, 0) is 24.6 Å². The van der Waals surface area contributed by atoms with E-state index in [0.29, 0.717) is 11.3 Å². The van der Waals surface area contributed by atoms with E-state index in [2.05, 4.69) is 4.72 Å². The third kappa shape index (κ3) is 6.04. The van der Waals surface area contributed by atoms with Gasteiger partial charge in [-0.1, -0.05) is 12.1 Å². The van der Waals surface area contributed by atoms with Gasteiger partial charge in [-0.15, -0.1) is 0 Å². The molecule has 19 heavy (non-hydrogen) atoms. The smallest absolute Gasteiger partial charge is 0.233 e. The highest BCUT2D eigenvalue weighted by atomic mass is 32.2. The van der Waals surface area contributed by atoms with E-state index in [9.17, 15) is 21.9 Å². The van der Waals surface area contributed by atoms with E-state index in [-0.39, 0.29) is 0 Å². The molecule has 8 heteroatoms. The number of rotatable bonds is 6. The summed E-state index contributed by atoms with van der Waals surface area (Å²) in [6.45, 7) is 1.60. The fourth-order valence-electron chi connectivity index (χ4n) is 1.32. The van der Waals surface area contributed by atoms with Crippen LogP contribution in [0.25, 0.3) is 0 Å². The van der Waals surface area contributed by atoms with Gasteiger partial charge in [0, 0.05) is 11.9 Å². The van der Waals surface area contributed by atoms with E-state index in [0.717, 1.165) is 6.26 Å². The lowest BCUT2D eigenvalue weighted by atomic mass is 10.1. The van der Waals surface area contributed by atoms with Crippen molar-refractivity contribution in [2.75, 3.05) is 22.5 Å². The molecule has 0 aliphatic heterocycles. The van der Waals surface area contributed by atoms with Crippen molar-refractivity contribution >= 4 is 25.5 Å². The van der Waals surface area contributed by atoms with Gasteiger partial charge >= 0.3 is 0 Å². The molecule has 1 rings (SSSR count). The molecule has 108 valence electrons. The van der Waals surface area contributed by atoms with Gasteiger partial charge < -0.3 is 5.11 Å². The first-order valence-corrected chi connectivity index (χ1v) is 9.26. The van der Waals surface area contributed by atoms with Crippen molar-refractivity contribution in [2.45, 2.75) is 13.0 Å². The average Bonchev–Trinajstić information content (AvgIpc) is 2.26. The van der Waals surface area contributed by atoms with Crippen LogP contribution >= 0.6 is 0 Å². The van der Waals surface area contributed by atoms with Gasteiger partial charge in [0.25, 0.3) is 0 Å². The van der Waals surface area contributed by atoms with Gasteiger partial charge in [0.2, 0.25) is 10.0 Å². The number of hydrogen-bond acceptors (Lipinski definition) is 5. The second-order valence-electron chi connectivity index (χ2n) is 4.35. The molecule has 0 saturated carbocycles. The fourth-order valence-corrected chi connectivity index (χ4v) is 4.01. The maximum absolute atomic E-state index is 11.6. The Hall–Kier alpha value is -1.12. The first-order chi connectivity index (χ1) is 8.59. The zero-order valence-corrected chi connectivity index (χ0v) is 12.3. The van der Waals surface area contributed by atoms with Crippen molar-refractivity contribution in [3.63, 3.8) is 0 Å². The summed E-state index contributed by atoms with van der Waals surface area (Å²) in [5.41, 5.74) is 0.997. The molecule has 2 N–H and O–H groups in total. The molecule has 0 heterocycles. The van der Waals surface area contributed by atoms with E-state index in [1.54, 1.807) is 19.1 Å². The molecule has 0 fully saturated rings. The number of benzene rings is 1. The molecule has 6 nitrogen and oxygen atoms in total. The number of anilines is 1. The monoisotopic (exact) mass is 307 g/mol. The first-order valence-electron chi connectivity index (χ1n) is 5.55. The maximum Gasteiger partial charge on any atom is 0.233 e. The number of aliphatic hydroxyl groups is 1. The minimum Gasteiger partial charge on any atom is -0.389 e. The second kappa shape index (κ2) is 5.89. The Balaban J connectivity index is 2.73. The van der Waals surface area contributed by atoms with Crippen molar-refractivity contribution < 1.29 is 21.9 Å². The zero-order chi connectivity index (χ0) is 14.7. The van der Waals surface area contributed by atoms with Gasteiger partial charge in [0.05, 0.1) is 17.6 Å². The third-order valence-corrected chi connectivity index (χ3v) is 4.88. The molecule has 0 saturated heterocycles. The molecule has 0 aliphatic rings. The largest absolute Gasteiger partial charge is 0.389 e. The lowest BCUT2D eigenvalue weighted by molar-refractivity contribution is 0.199. The normalized spacial score (nSPS) is 14.1. The molecule has 0 radical (unpaired) electrons. The predicted octanol–water partition coefficient (Wildman–Crippen LogP) is 0.526. The highest BCUT2D eigenvalue weighted by Crippen LogP contribution is 2.16. The number of hydrogen-bond donors (Lipinski definition) is 2. The van der Waals surface area contributed by atoms with Crippen LogP contribution in [0.15, 0.2) is 24.3 Å². The molecule has 0 spiro atoms. The van der Waals surface area contributed by atoms with Crippen LogP contribution in [-0.4, -0.2) is 39.7 Å². The lowest BCUT2D eigenvalue weighted by Gasteiger charge is -2.09. The molecule has 0 bridgehead atoms. The van der Waals surface area contributed by atoms with Crippen molar-refractivity contribution in [3.8, 4) is 0 Å². The van der Waals surface area contributed by atoms with Crippen molar-refractivity contribution in [2.24, 2.45) is 0 Å². The van der Waals surface area contributed by atoms with E-state index in [4.69, 9.17) is 0 Å². The van der Waals surface area contributed by atoms with Crippen LogP contribution in [-0.2, 0) is 19.9 Å². The second-order valence-corrected chi connectivity index (χ2v) is 8.45. The third-order valence-electron chi connectivity index (χ3n) is 2.39. The van der Waals surface area contributed by atoms with Crippen LogP contribution in [0.4, 0.5) is 5.69 Å². The Labute approximate surface area is 113 Å². The van der Waals surface area contributed by atoms with Crippen molar-refractivity contribution in [1.29, 1.82) is 0 Å². The highest BCUT2D eigenvalue weighted by Gasteiger charge is 2.14. The topological polar surface area (TPSA) is 101 Å². The van der Waals surface area contributed by atoms with Crippen LogP contribution in [0.1, 0.15) is 18.6 Å². The van der Waals surface area contributed by atoms with Crippen LogP contribution in [0, 0.1) is 0 Å². The summed E-state index contributed by atoms with van der Waals surface area (Å²) >= 11 is 0. The maximum atomic E-state index is 11.6. The van der Waals surface area contributed by atoms with Crippen LogP contribution < -0.4 is 4.72 Å². The van der Waals surface area contributed by atoms with Gasteiger partial charge in [-0.2, -0.15) is 0 Å². The van der Waals surface area contributed by atoms with E-state index in [1.807, 2.05) is 0 Å². The zero-order valence-electron chi connectivity index (χ0n) is 10.7. The minimum atomic E-state index is -3.69. The molecular weight excluding hydrogens is 290 g/mol. The fraction of sp³-hybridized carbons (Fsp3) is 0.455. The Bertz CT molecular complexity index is 618. The van der Waals surface area contributed by atoms with Crippen LogP contribution in [0.3, 0.4) is 0 Å². The summed E-state index contributed by atoms with van der Waals surface area (Å²) in [6.07, 6.45) is 0.357. The molecule has 1 aromatic rings. The highest BCUT2D eigenvalue weighted by molar-refractivity contribution is 7.95. The lowest BCUT2D eigenvalue weighted by Crippen LogP contribution is -2.22. The Morgan fingerprint density at radius 2 is 1.63 bits per heavy atom. The molecule has 0 aliphatic carbocycles. The van der Waals surface area contributed by atoms with E-state index in [1.165, 1.54) is 12.1 Å². The van der Waals surface area contributed by atoms with Crippen LogP contribution in [0.5, 0.6) is 0 Å². The number of aliphatic hydroxyl groups excluding tert-OH is 1. The summed E-state index contributed by atoms with van der Waals surface area (Å²) in [5, 5.41) is 9.32. The molecule has 1 aromatic carbocycles. The van der Waals surface area contributed by atoms with Gasteiger partial charge in [0.15, 0.2) is 0 Å². The van der Waals surface area contributed by atoms with Gasteiger partial charge in [-0.3, -0.25) is 4.72 Å². The average molecular weight is 307 g/mol. The molecular formula is C11H17NO5S2. The summed E-state index contributed by atoms with van der Waals surface area (Å²) in [5.74, 6) is -0.905. The first kappa shape index (κ1) is 15.9. The van der Waals surface area contributed by atoms with Gasteiger partial charge in [-0.25, -0.2) is 16.8 Å². The SMILES string of the molecule is CC(O)c1ccc(NS(=O)(=O)CCS(C)(=O)=O)cc1. The molecule has 0 aromatic heterocycles. The molecule has 1 atom stereocenters. The quantitative estimate of drug-likeness (QED) is 0.798. The summed E-state index contributed by atoms with van der Waals surface area (Å²) < 4.78 is 47.4. The van der Waals surface area contributed by atoms with Crippen molar-refractivity contribution in [3.05, 3.63) is 29.8 Å². The molecule has 1 unspecified atom stereocenters. The molecule has 0 amide bonds. The Kier molecular flexibility index (Phi) is 4.94. The number of sulfone groups is 1. The predicted molar refractivity (Wildman–Crippen MR) is 74.2 cm³/mol.